The number of carbonyl (C=O) groups excluding carboxylic acids is 6. The standard InChI is InChI=1S/C30H47N5O7/c1-15(2)42-27(40)23(30(6,7)8)34-28(41)33-22(29(3,4)5)26(39)35-14-17-11-12-18(17)20(35)25(38)32-19(13-16-9-10-16)21(36)24(31)37/h11-12,15-20,22-23H,9-10,13-14H2,1-8H3,(H2,31,37)(H,32,38)(H2,33,34,41)/t17-,18-,19?,20-,22+,23+/m0/s1. The van der Waals surface area contributed by atoms with E-state index in [9.17, 15) is 28.8 Å². The largest absolute Gasteiger partial charge is 0.461 e. The topological polar surface area (TPSA) is 177 Å². The number of ketones is 1. The number of primary amides is 1. The number of nitrogens with zero attached hydrogens (tertiary/aromatic N) is 1. The van der Waals surface area contributed by atoms with E-state index in [1.165, 1.54) is 4.90 Å². The van der Waals surface area contributed by atoms with Crippen LogP contribution in [0.2, 0.25) is 0 Å². The van der Waals surface area contributed by atoms with E-state index in [0.29, 0.717) is 6.42 Å². The monoisotopic (exact) mass is 589 g/mol. The molecule has 0 bridgehead atoms. The second kappa shape index (κ2) is 12.4. The highest BCUT2D eigenvalue weighted by molar-refractivity contribution is 6.37. The summed E-state index contributed by atoms with van der Waals surface area (Å²) in [5.74, 6) is -3.64. The lowest BCUT2D eigenvalue weighted by atomic mass is 9.80. The van der Waals surface area contributed by atoms with Crippen molar-refractivity contribution in [1.29, 1.82) is 0 Å². The Balaban J connectivity index is 1.80. The molecule has 5 amide bonds. The molecule has 1 heterocycles. The van der Waals surface area contributed by atoms with Gasteiger partial charge >= 0.3 is 12.0 Å². The van der Waals surface area contributed by atoms with E-state index >= 15 is 0 Å². The Morgan fingerprint density at radius 2 is 1.48 bits per heavy atom. The first kappa shape index (κ1) is 33.1. The molecule has 3 aliphatic rings. The number of urea groups is 1. The first-order valence-corrected chi connectivity index (χ1v) is 14.7. The fraction of sp³-hybridized carbons (Fsp3) is 0.733. The van der Waals surface area contributed by atoms with E-state index in [4.69, 9.17) is 10.5 Å². The number of Topliss-reactive ketones (excluding diaryl/α,β-unsaturated/α-hetero) is 1. The number of nitrogens with two attached hydrogens (primary N) is 1. The lowest BCUT2D eigenvalue weighted by Crippen LogP contribution is -2.62. The van der Waals surface area contributed by atoms with Gasteiger partial charge in [0.1, 0.15) is 18.1 Å². The highest BCUT2D eigenvalue weighted by Gasteiger charge is 2.52. The normalized spacial score (nSPS) is 23.6. The van der Waals surface area contributed by atoms with Crippen molar-refractivity contribution in [3.05, 3.63) is 12.2 Å². The molecule has 1 unspecified atom stereocenters. The number of hydrogen-bond donors (Lipinski definition) is 4. The van der Waals surface area contributed by atoms with Crippen LogP contribution in [0.15, 0.2) is 12.2 Å². The highest BCUT2D eigenvalue weighted by atomic mass is 16.5. The van der Waals surface area contributed by atoms with Crippen molar-refractivity contribution >= 4 is 35.5 Å². The molecule has 0 aromatic carbocycles. The fourth-order valence-corrected chi connectivity index (χ4v) is 5.41. The first-order valence-electron chi connectivity index (χ1n) is 14.7. The van der Waals surface area contributed by atoms with Crippen LogP contribution in [-0.4, -0.2) is 77.2 Å². The summed E-state index contributed by atoms with van der Waals surface area (Å²) in [6.07, 6.45) is 5.54. The molecule has 1 aliphatic heterocycles. The lowest BCUT2D eigenvalue weighted by molar-refractivity contribution is -0.152. The van der Waals surface area contributed by atoms with Gasteiger partial charge in [-0.1, -0.05) is 66.5 Å². The molecular weight excluding hydrogens is 542 g/mol. The molecule has 42 heavy (non-hydrogen) atoms. The van der Waals surface area contributed by atoms with Crippen molar-refractivity contribution in [1.82, 2.24) is 20.9 Å². The zero-order valence-electron chi connectivity index (χ0n) is 26.0. The summed E-state index contributed by atoms with van der Waals surface area (Å²) in [6, 6.07) is -4.73. The van der Waals surface area contributed by atoms with Crippen molar-refractivity contribution < 1.29 is 33.5 Å². The molecule has 0 radical (unpaired) electrons. The predicted molar refractivity (Wildman–Crippen MR) is 154 cm³/mol. The molecule has 0 aromatic rings. The minimum Gasteiger partial charge on any atom is -0.461 e. The van der Waals surface area contributed by atoms with Gasteiger partial charge in [0.25, 0.3) is 5.91 Å². The second-order valence-electron chi connectivity index (χ2n) is 14.2. The summed E-state index contributed by atoms with van der Waals surface area (Å²) in [6.45, 7) is 14.4. The molecule has 2 aliphatic carbocycles. The lowest BCUT2D eigenvalue weighted by Gasteiger charge is -2.37. The molecule has 5 N–H and O–H groups in total. The third-order valence-corrected chi connectivity index (χ3v) is 7.99. The summed E-state index contributed by atoms with van der Waals surface area (Å²) in [5, 5.41) is 8.13. The van der Waals surface area contributed by atoms with Crippen LogP contribution < -0.4 is 21.7 Å². The van der Waals surface area contributed by atoms with Crippen molar-refractivity contribution in [2.45, 2.75) is 105 Å². The Kier molecular flexibility index (Phi) is 9.78. The van der Waals surface area contributed by atoms with Gasteiger partial charge < -0.3 is 31.3 Å². The molecule has 0 spiro atoms. The van der Waals surface area contributed by atoms with Crippen molar-refractivity contribution in [3.8, 4) is 0 Å². The van der Waals surface area contributed by atoms with Gasteiger partial charge in [-0.2, -0.15) is 0 Å². The zero-order valence-corrected chi connectivity index (χ0v) is 26.0. The van der Waals surface area contributed by atoms with E-state index in [-0.39, 0.29) is 30.4 Å². The maximum Gasteiger partial charge on any atom is 0.329 e. The summed E-state index contributed by atoms with van der Waals surface area (Å²) in [5.41, 5.74) is 3.80. The average molecular weight is 590 g/mol. The molecule has 0 aromatic heterocycles. The minimum absolute atomic E-state index is 0.0519. The van der Waals surface area contributed by atoms with Gasteiger partial charge in [0.15, 0.2) is 0 Å². The minimum atomic E-state index is -1.12. The molecular formula is C30H47N5O7. The van der Waals surface area contributed by atoms with E-state index in [2.05, 4.69) is 16.0 Å². The zero-order chi connectivity index (χ0) is 31.7. The maximum absolute atomic E-state index is 14.1. The number of rotatable bonds is 11. The van der Waals surface area contributed by atoms with Crippen LogP contribution >= 0.6 is 0 Å². The molecule has 234 valence electrons. The number of fused-ring (bicyclic) bond motifs is 1. The van der Waals surface area contributed by atoms with Gasteiger partial charge in [0.2, 0.25) is 17.6 Å². The number of carbonyl (C=O) groups is 6. The quantitative estimate of drug-likeness (QED) is 0.160. The van der Waals surface area contributed by atoms with Gasteiger partial charge in [0.05, 0.1) is 12.1 Å². The summed E-state index contributed by atoms with van der Waals surface area (Å²) < 4.78 is 5.34. The van der Waals surface area contributed by atoms with Gasteiger partial charge in [-0.3, -0.25) is 19.2 Å². The van der Waals surface area contributed by atoms with Crippen molar-refractivity contribution in [3.63, 3.8) is 0 Å². The molecule has 3 rings (SSSR count). The second-order valence-corrected chi connectivity index (χ2v) is 14.2. The van der Waals surface area contributed by atoms with Crippen LogP contribution in [0, 0.1) is 28.6 Å². The number of esters is 1. The number of ether oxygens (including phenoxy) is 1. The Morgan fingerprint density at radius 3 is 1.93 bits per heavy atom. The summed E-state index contributed by atoms with van der Waals surface area (Å²) >= 11 is 0. The van der Waals surface area contributed by atoms with E-state index in [1.807, 2.05) is 12.2 Å². The smallest absolute Gasteiger partial charge is 0.329 e. The fourth-order valence-electron chi connectivity index (χ4n) is 5.41. The third kappa shape index (κ3) is 7.89. The molecule has 1 saturated heterocycles. The van der Waals surface area contributed by atoms with Crippen LogP contribution in [0.1, 0.15) is 74.7 Å². The summed E-state index contributed by atoms with van der Waals surface area (Å²) in [7, 11) is 0. The number of nitrogens with one attached hydrogen (secondary N) is 3. The molecule has 1 saturated carbocycles. The number of amides is 5. The number of hydrogen-bond acceptors (Lipinski definition) is 7. The van der Waals surface area contributed by atoms with Crippen LogP contribution in [0.4, 0.5) is 4.79 Å². The van der Waals surface area contributed by atoms with Gasteiger partial charge in [-0.05, 0) is 37.0 Å². The van der Waals surface area contributed by atoms with Gasteiger partial charge in [-0.25, -0.2) is 9.59 Å². The maximum atomic E-state index is 14.1. The van der Waals surface area contributed by atoms with Gasteiger partial charge in [0, 0.05) is 18.4 Å². The van der Waals surface area contributed by atoms with Crippen molar-refractivity contribution in [2.75, 3.05) is 6.54 Å². The molecule has 6 atom stereocenters. The molecule has 12 heteroatoms. The highest BCUT2D eigenvalue weighted by Crippen LogP contribution is 2.40. The SMILES string of the molecule is CC(C)OC(=O)[C@@H](NC(=O)N[C@H](C(=O)N1C[C@@H]2C=C[C@@H]2[C@H]1C(=O)NC(CC1CC1)C(=O)C(N)=O)C(C)(C)C)C(C)(C)C. The average Bonchev–Trinajstić information content (AvgIpc) is 3.60. The Bertz CT molecular complexity index is 1130. The molecule has 12 nitrogen and oxygen atoms in total. The van der Waals surface area contributed by atoms with E-state index < -0.39 is 70.5 Å². The Hall–Kier alpha value is -3.44. The predicted octanol–water partition coefficient (Wildman–Crippen LogP) is 1.42. The van der Waals surface area contributed by atoms with E-state index in [0.717, 1.165) is 12.8 Å². The molecule has 2 fully saturated rings. The summed E-state index contributed by atoms with van der Waals surface area (Å²) in [4.78, 5) is 79.3. The van der Waals surface area contributed by atoms with Crippen LogP contribution in [0.5, 0.6) is 0 Å². The van der Waals surface area contributed by atoms with Gasteiger partial charge in [-0.15, -0.1) is 0 Å². The Morgan fingerprint density at radius 1 is 0.905 bits per heavy atom. The van der Waals surface area contributed by atoms with Crippen molar-refractivity contribution in [2.24, 2.45) is 34.3 Å². The number of likely N-dealkylation sites (tertiary alicyclic amines) is 1. The van der Waals surface area contributed by atoms with E-state index in [1.54, 1.807) is 55.4 Å². The first-order chi connectivity index (χ1) is 19.3. The Labute approximate surface area is 247 Å². The van der Waals surface area contributed by atoms with Crippen LogP contribution in [0.25, 0.3) is 0 Å². The third-order valence-electron chi connectivity index (χ3n) is 7.99. The van der Waals surface area contributed by atoms with Crippen LogP contribution in [-0.2, 0) is 28.7 Å². The van der Waals surface area contributed by atoms with Crippen LogP contribution in [0.3, 0.4) is 0 Å².